The van der Waals surface area contributed by atoms with E-state index in [4.69, 9.17) is 9.15 Å². The lowest BCUT2D eigenvalue weighted by atomic mass is 10.0. The average molecular weight is 435 g/mol. The molecule has 0 spiro atoms. The van der Waals surface area contributed by atoms with Crippen molar-refractivity contribution in [2.75, 3.05) is 39.4 Å². The number of aliphatic hydroxyl groups is 1. The van der Waals surface area contributed by atoms with Crippen LogP contribution in [-0.2, 0) is 0 Å². The second kappa shape index (κ2) is 8.70. The molecule has 1 atom stereocenters. The number of piperazine rings is 1. The maximum Gasteiger partial charge on any atom is 0.183 e. The molecule has 0 radical (unpaired) electrons. The SMILES string of the molecule is CC(c1c(OCCO)ccc2c(O)c(C=C3N=Nc4ncccc43)oc12)N1CCNCC1. The molecule has 5 rings (SSSR count). The highest BCUT2D eigenvalue weighted by Crippen LogP contribution is 2.44. The molecule has 0 bridgehead atoms. The second-order valence-corrected chi connectivity index (χ2v) is 7.81. The van der Waals surface area contributed by atoms with Gasteiger partial charge in [-0.2, -0.15) is 0 Å². The van der Waals surface area contributed by atoms with Gasteiger partial charge in [0.15, 0.2) is 17.3 Å². The molecule has 2 aliphatic rings. The van der Waals surface area contributed by atoms with Gasteiger partial charge in [0.25, 0.3) is 0 Å². The van der Waals surface area contributed by atoms with E-state index in [0.29, 0.717) is 34.0 Å². The number of pyridine rings is 1. The van der Waals surface area contributed by atoms with Crippen LogP contribution in [-0.4, -0.2) is 59.5 Å². The lowest BCUT2D eigenvalue weighted by Crippen LogP contribution is -2.44. The first-order chi connectivity index (χ1) is 15.7. The molecule has 166 valence electrons. The zero-order chi connectivity index (χ0) is 22.1. The van der Waals surface area contributed by atoms with Gasteiger partial charge < -0.3 is 24.7 Å². The summed E-state index contributed by atoms with van der Waals surface area (Å²) in [4.78, 5) is 6.55. The van der Waals surface area contributed by atoms with Crippen molar-refractivity contribution in [2.45, 2.75) is 13.0 Å². The molecule has 4 heterocycles. The van der Waals surface area contributed by atoms with E-state index < -0.39 is 0 Å². The molecule has 0 saturated carbocycles. The lowest BCUT2D eigenvalue weighted by molar-refractivity contribution is 0.173. The molecule has 3 aromatic rings. The number of nitrogens with zero attached hydrogens (tertiary/aromatic N) is 4. The fourth-order valence-electron chi connectivity index (χ4n) is 4.26. The Morgan fingerprint density at radius 2 is 2.09 bits per heavy atom. The standard InChI is InChI=1S/C23H25N5O4/c1-14(28-9-7-24-8-10-28)20-18(31-12-11-29)5-4-16-21(30)19(32-22(16)20)13-17-15-3-2-6-25-23(15)27-26-17/h2-6,13-14,24,29-30H,7-12H2,1H3. The molecule has 2 aliphatic heterocycles. The van der Waals surface area contributed by atoms with Gasteiger partial charge in [0.05, 0.1) is 17.6 Å². The van der Waals surface area contributed by atoms with Crippen molar-refractivity contribution in [3.05, 3.63) is 47.3 Å². The smallest absolute Gasteiger partial charge is 0.183 e. The highest BCUT2D eigenvalue weighted by Gasteiger charge is 2.27. The molecule has 1 unspecified atom stereocenters. The number of nitrogens with one attached hydrogen (secondary N) is 1. The van der Waals surface area contributed by atoms with Gasteiger partial charge in [0.1, 0.15) is 23.6 Å². The Hall–Kier alpha value is -3.27. The van der Waals surface area contributed by atoms with Crippen LogP contribution in [0.2, 0.25) is 0 Å². The fourth-order valence-corrected chi connectivity index (χ4v) is 4.26. The predicted molar refractivity (Wildman–Crippen MR) is 120 cm³/mol. The number of aromatic nitrogens is 1. The van der Waals surface area contributed by atoms with Crippen LogP contribution in [0.5, 0.6) is 11.5 Å². The van der Waals surface area contributed by atoms with Gasteiger partial charge in [0, 0.05) is 50.1 Å². The molecule has 1 aromatic carbocycles. The highest BCUT2D eigenvalue weighted by atomic mass is 16.5. The summed E-state index contributed by atoms with van der Waals surface area (Å²) in [6.07, 6.45) is 3.34. The van der Waals surface area contributed by atoms with Crippen molar-refractivity contribution in [1.29, 1.82) is 0 Å². The number of hydrogen-bond donors (Lipinski definition) is 3. The third kappa shape index (κ3) is 3.64. The molecule has 1 fully saturated rings. The minimum absolute atomic E-state index is 0.00311. The molecule has 3 N–H and O–H groups in total. The first kappa shape index (κ1) is 20.6. The van der Waals surface area contributed by atoms with Gasteiger partial charge in [-0.1, -0.05) is 0 Å². The van der Waals surface area contributed by atoms with E-state index in [0.717, 1.165) is 37.3 Å². The number of furan rings is 1. The minimum Gasteiger partial charge on any atom is -0.504 e. The quantitative estimate of drug-likeness (QED) is 0.543. The van der Waals surface area contributed by atoms with E-state index in [1.807, 2.05) is 18.2 Å². The van der Waals surface area contributed by atoms with Crippen molar-refractivity contribution < 1.29 is 19.4 Å². The topological polar surface area (TPSA) is 116 Å². The van der Waals surface area contributed by atoms with E-state index in [1.165, 1.54) is 0 Å². The summed E-state index contributed by atoms with van der Waals surface area (Å²) in [5, 5.41) is 32.5. The molecule has 9 nitrogen and oxygen atoms in total. The summed E-state index contributed by atoms with van der Waals surface area (Å²) in [5.41, 5.74) is 2.79. The summed E-state index contributed by atoms with van der Waals surface area (Å²) >= 11 is 0. The predicted octanol–water partition coefficient (Wildman–Crippen LogP) is 3.47. The van der Waals surface area contributed by atoms with Crippen LogP contribution in [0, 0.1) is 0 Å². The maximum absolute atomic E-state index is 11.0. The van der Waals surface area contributed by atoms with Gasteiger partial charge in [-0.3, -0.25) is 4.90 Å². The van der Waals surface area contributed by atoms with E-state index in [2.05, 4.69) is 32.4 Å². The van der Waals surface area contributed by atoms with Gasteiger partial charge in [-0.15, -0.1) is 10.2 Å². The monoisotopic (exact) mass is 435 g/mol. The van der Waals surface area contributed by atoms with Crippen molar-refractivity contribution >= 4 is 28.6 Å². The average Bonchev–Trinajstić information content (AvgIpc) is 3.38. The third-order valence-corrected chi connectivity index (χ3v) is 5.91. The Kier molecular flexibility index (Phi) is 5.60. The molecule has 1 saturated heterocycles. The first-order valence-electron chi connectivity index (χ1n) is 10.7. The Morgan fingerprint density at radius 1 is 1.25 bits per heavy atom. The number of hydrogen-bond acceptors (Lipinski definition) is 9. The summed E-state index contributed by atoms with van der Waals surface area (Å²) in [7, 11) is 0. The fraction of sp³-hybridized carbons (Fsp3) is 0.348. The van der Waals surface area contributed by atoms with Gasteiger partial charge in [-0.05, 0) is 31.2 Å². The van der Waals surface area contributed by atoms with Gasteiger partial charge >= 0.3 is 0 Å². The number of fused-ring (bicyclic) bond motifs is 2. The van der Waals surface area contributed by atoms with E-state index >= 15 is 0 Å². The maximum atomic E-state index is 11.0. The van der Waals surface area contributed by atoms with Crippen molar-refractivity contribution in [2.24, 2.45) is 10.2 Å². The number of azo groups is 1. The van der Waals surface area contributed by atoms with Crippen molar-refractivity contribution in [3.63, 3.8) is 0 Å². The zero-order valence-corrected chi connectivity index (χ0v) is 17.8. The Balaban J connectivity index is 1.61. The van der Waals surface area contributed by atoms with Crippen molar-refractivity contribution in [3.8, 4) is 11.5 Å². The zero-order valence-electron chi connectivity index (χ0n) is 17.8. The molecule has 2 aromatic heterocycles. The van der Waals surface area contributed by atoms with Crippen LogP contribution in [0.4, 0.5) is 5.82 Å². The number of aromatic hydroxyl groups is 1. The Morgan fingerprint density at radius 3 is 2.91 bits per heavy atom. The second-order valence-electron chi connectivity index (χ2n) is 7.81. The first-order valence-corrected chi connectivity index (χ1v) is 10.7. The number of rotatable bonds is 6. The van der Waals surface area contributed by atoms with Gasteiger partial charge in [-0.25, -0.2) is 4.98 Å². The lowest BCUT2D eigenvalue weighted by Gasteiger charge is -2.33. The van der Waals surface area contributed by atoms with Crippen LogP contribution in [0.15, 0.2) is 45.1 Å². The van der Waals surface area contributed by atoms with Gasteiger partial charge in [0.2, 0.25) is 0 Å². The highest BCUT2D eigenvalue weighted by molar-refractivity contribution is 5.95. The largest absolute Gasteiger partial charge is 0.504 e. The van der Waals surface area contributed by atoms with E-state index in [-0.39, 0.29) is 25.0 Å². The molecular formula is C23H25N5O4. The van der Waals surface area contributed by atoms with E-state index in [9.17, 15) is 10.2 Å². The summed E-state index contributed by atoms with van der Waals surface area (Å²) in [6.45, 7) is 5.81. The molecule has 0 aliphatic carbocycles. The van der Waals surface area contributed by atoms with Crippen LogP contribution in [0.3, 0.4) is 0 Å². The third-order valence-electron chi connectivity index (χ3n) is 5.91. The number of ether oxygens (including phenoxy) is 1. The van der Waals surface area contributed by atoms with Crippen LogP contribution < -0.4 is 10.1 Å². The van der Waals surface area contributed by atoms with Crippen molar-refractivity contribution in [1.82, 2.24) is 15.2 Å². The Bertz CT molecular complexity index is 1200. The summed E-state index contributed by atoms with van der Waals surface area (Å²) in [5.74, 6) is 1.53. The van der Waals surface area contributed by atoms with Crippen LogP contribution >= 0.6 is 0 Å². The van der Waals surface area contributed by atoms with Crippen LogP contribution in [0.1, 0.15) is 29.9 Å². The molecule has 0 amide bonds. The molecular weight excluding hydrogens is 410 g/mol. The van der Waals surface area contributed by atoms with E-state index in [1.54, 1.807) is 18.3 Å². The Labute approximate surface area is 185 Å². The van der Waals surface area contributed by atoms with Crippen LogP contribution in [0.25, 0.3) is 22.7 Å². The minimum atomic E-state index is -0.0846. The molecule has 32 heavy (non-hydrogen) atoms. The summed E-state index contributed by atoms with van der Waals surface area (Å²) in [6, 6.07) is 7.30. The number of aliphatic hydroxyl groups excluding tert-OH is 1. The summed E-state index contributed by atoms with van der Waals surface area (Å²) < 4.78 is 12.1. The number of benzene rings is 1. The molecule has 9 heteroatoms. The normalized spacial score (nSPS) is 18.4.